The van der Waals surface area contributed by atoms with Gasteiger partial charge in [-0.3, -0.25) is 9.78 Å². The molecular formula is C31H32N4O3S. The van der Waals surface area contributed by atoms with Gasteiger partial charge in [0.2, 0.25) is 5.91 Å². The number of furan rings is 1. The molecule has 2 aromatic carbocycles. The van der Waals surface area contributed by atoms with E-state index in [0.717, 1.165) is 46.2 Å². The van der Waals surface area contributed by atoms with Crippen LogP contribution in [0.3, 0.4) is 0 Å². The van der Waals surface area contributed by atoms with Crippen LogP contribution in [0.1, 0.15) is 49.4 Å². The molecule has 1 amide bonds. The second kappa shape index (κ2) is 12.1. The lowest BCUT2D eigenvalue weighted by atomic mass is 10.0. The van der Waals surface area contributed by atoms with Crippen molar-refractivity contribution >= 4 is 28.9 Å². The maximum Gasteiger partial charge on any atom is 0.226 e. The minimum absolute atomic E-state index is 0.0618. The van der Waals surface area contributed by atoms with E-state index in [-0.39, 0.29) is 24.4 Å². The molecule has 4 aromatic rings. The maximum atomic E-state index is 13.0. The van der Waals surface area contributed by atoms with E-state index in [1.807, 2.05) is 90.7 Å². The minimum Gasteiger partial charge on any atom is -0.494 e. The van der Waals surface area contributed by atoms with Crippen molar-refractivity contribution in [2.75, 3.05) is 18.5 Å². The lowest BCUT2D eigenvalue weighted by molar-refractivity contribution is -0.116. The van der Waals surface area contributed by atoms with Gasteiger partial charge in [-0.1, -0.05) is 31.2 Å². The Kier molecular flexibility index (Phi) is 8.22. The molecule has 2 aromatic heterocycles. The predicted molar refractivity (Wildman–Crippen MR) is 157 cm³/mol. The zero-order chi connectivity index (χ0) is 27.2. The molecule has 0 aliphatic carbocycles. The third-order valence-corrected chi connectivity index (χ3v) is 7.17. The van der Waals surface area contributed by atoms with Gasteiger partial charge >= 0.3 is 0 Å². The zero-order valence-electron chi connectivity index (χ0n) is 22.1. The number of hydrogen-bond donors (Lipinski definition) is 2. The average Bonchev–Trinajstić information content (AvgIpc) is 3.58. The second-order valence-electron chi connectivity index (χ2n) is 9.29. The highest BCUT2D eigenvalue weighted by Gasteiger charge is 2.41. The van der Waals surface area contributed by atoms with Crippen molar-refractivity contribution in [3.63, 3.8) is 0 Å². The molecule has 1 aliphatic rings. The highest BCUT2D eigenvalue weighted by Crippen LogP contribution is 2.40. The van der Waals surface area contributed by atoms with Gasteiger partial charge in [-0.05, 0) is 85.7 Å². The second-order valence-corrected chi connectivity index (χ2v) is 9.67. The summed E-state index contributed by atoms with van der Waals surface area (Å²) in [6.45, 7) is 5.09. The number of thiocarbonyl (C=S) groups is 1. The fourth-order valence-corrected chi connectivity index (χ4v) is 5.22. The van der Waals surface area contributed by atoms with Gasteiger partial charge in [-0.25, -0.2) is 0 Å². The Hall–Kier alpha value is -4.17. The number of nitrogens with one attached hydrogen (secondary N) is 2. The smallest absolute Gasteiger partial charge is 0.226 e. The molecule has 3 heterocycles. The Morgan fingerprint density at radius 1 is 1.05 bits per heavy atom. The van der Waals surface area contributed by atoms with Gasteiger partial charge < -0.3 is 24.7 Å². The Bertz CT molecular complexity index is 1420. The summed E-state index contributed by atoms with van der Waals surface area (Å²) in [5.41, 5.74) is 3.76. The van der Waals surface area contributed by atoms with E-state index in [9.17, 15) is 4.79 Å². The lowest BCUT2D eigenvalue weighted by Crippen LogP contribution is -2.32. The molecule has 0 saturated carbocycles. The van der Waals surface area contributed by atoms with Gasteiger partial charge in [-0.15, -0.1) is 0 Å². The quantitative estimate of drug-likeness (QED) is 0.228. The maximum absolute atomic E-state index is 13.0. The van der Waals surface area contributed by atoms with Crippen molar-refractivity contribution in [3.05, 3.63) is 102 Å². The molecule has 0 spiro atoms. The normalized spacial score (nSPS) is 16.7. The average molecular weight is 541 g/mol. The van der Waals surface area contributed by atoms with Gasteiger partial charge in [0.05, 0.1) is 18.3 Å². The van der Waals surface area contributed by atoms with Crippen molar-refractivity contribution in [1.29, 1.82) is 0 Å². The van der Waals surface area contributed by atoms with Crippen LogP contribution in [-0.2, 0) is 11.2 Å². The SMILES string of the molecule is CCOc1ccc(-c2ccc([C@@H]3[C@@H](c4ccccn4)NC(=S)N3CCC(=O)Nc3ccccc3CC)o2)cc1. The molecule has 7 nitrogen and oxygen atoms in total. The number of pyridine rings is 1. The number of benzene rings is 2. The summed E-state index contributed by atoms with van der Waals surface area (Å²) < 4.78 is 12.0. The first kappa shape index (κ1) is 26.4. The van der Waals surface area contributed by atoms with Crippen molar-refractivity contribution in [2.45, 2.75) is 38.8 Å². The van der Waals surface area contributed by atoms with Crippen molar-refractivity contribution in [2.24, 2.45) is 0 Å². The van der Waals surface area contributed by atoms with Gasteiger partial charge in [0.25, 0.3) is 0 Å². The van der Waals surface area contributed by atoms with Crippen LogP contribution >= 0.6 is 12.2 Å². The first-order valence-electron chi connectivity index (χ1n) is 13.3. The van der Waals surface area contributed by atoms with Gasteiger partial charge in [0.15, 0.2) is 5.11 Å². The molecule has 2 N–H and O–H groups in total. The highest BCUT2D eigenvalue weighted by atomic mass is 32.1. The largest absolute Gasteiger partial charge is 0.494 e. The number of hydrogen-bond acceptors (Lipinski definition) is 5. The molecule has 5 rings (SSSR count). The van der Waals surface area contributed by atoms with Gasteiger partial charge in [-0.2, -0.15) is 0 Å². The molecule has 2 atom stereocenters. The van der Waals surface area contributed by atoms with E-state index >= 15 is 0 Å². The van der Waals surface area contributed by atoms with Crippen LogP contribution in [0.2, 0.25) is 0 Å². The summed E-state index contributed by atoms with van der Waals surface area (Å²) in [5, 5.41) is 7.05. The number of anilines is 1. The number of amides is 1. The summed E-state index contributed by atoms with van der Waals surface area (Å²) in [6.07, 6.45) is 2.89. The van der Waals surface area contributed by atoms with Crippen LogP contribution in [0.25, 0.3) is 11.3 Å². The number of rotatable bonds is 10. The van der Waals surface area contributed by atoms with Crippen LogP contribution in [-0.4, -0.2) is 34.1 Å². The van der Waals surface area contributed by atoms with Crippen LogP contribution in [0.4, 0.5) is 5.69 Å². The number of carbonyl (C=O) groups is 1. The van der Waals surface area contributed by atoms with E-state index < -0.39 is 0 Å². The molecule has 200 valence electrons. The molecule has 8 heteroatoms. The van der Waals surface area contributed by atoms with Gasteiger partial charge in [0, 0.05) is 30.4 Å². The summed E-state index contributed by atoms with van der Waals surface area (Å²) in [7, 11) is 0. The fraction of sp³-hybridized carbons (Fsp3) is 0.258. The zero-order valence-corrected chi connectivity index (χ0v) is 22.9. The highest BCUT2D eigenvalue weighted by molar-refractivity contribution is 7.80. The van der Waals surface area contributed by atoms with Crippen molar-refractivity contribution < 1.29 is 13.9 Å². The molecule has 39 heavy (non-hydrogen) atoms. The van der Waals surface area contributed by atoms with Crippen LogP contribution in [0.5, 0.6) is 5.75 Å². The van der Waals surface area contributed by atoms with Crippen LogP contribution in [0.15, 0.2) is 89.5 Å². The number of carbonyl (C=O) groups excluding carboxylic acids is 1. The Morgan fingerprint density at radius 2 is 1.85 bits per heavy atom. The van der Waals surface area contributed by atoms with Crippen LogP contribution in [0, 0.1) is 0 Å². The summed E-state index contributed by atoms with van der Waals surface area (Å²) in [6, 6.07) is 25.0. The topological polar surface area (TPSA) is 79.6 Å². The molecular weight excluding hydrogens is 508 g/mol. The third kappa shape index (κ3) is 5.96. The molecule has 1 aliphatic heterocycles. The predicted octanol–water partition coefficient (Wildman–Crippen LogP) is 6.30. The third-order valence-electron chi connectivity index (χ3n) is 6.82. The summed E-state index contributed by atoms with van der Waals surface area (Å²) in [4.78, 5) is 19.6. The Balaban J connectivity index is 1.38. The molecule has 0 unspecified atom stereocenters. The Labute approximate surface area is 234 Å². The minimum atomic E-state index is -0.264. The first-order valence-corrected chi connectivity index (χ1v) is 13.7. The molecule has 1 fully saturated rings. The van der Waals surface area contributed by atoms with E-state index in [1.165, 1.54) is 0 Å². The Morgan fingerprint density at radius 3 is 2.59 bits per heavy atom. The number of nitrogens with zero attached hydrogens (tertiary/aromatic N) is 2. The summed E-state index contributed by atoms with van der Waals surface area (Å²) >= 11 is 5.76. The monoisotopic (exact) mass is 540 g/mol. The van der Waals surface area contributed by atoms with E-state index in [2.05, 4.69) is 22.5 Å². The lowest BCUT2D eigenvalue weighted by Gasteiger charge is -2.26. The first-order chi connectivity index (χ1) is 19.1. The standard InChI is InChI=1S/C31H32N4O3S/c1-3-21-9-5-6-10-24(21)33-28(36)18-20-35-30(29(34-31(35)39)25-11-7-8-19-32-25)27-17-16-26(38-27)22-12-14-23(15-13-22)37-4-2/h5-17,19,29-30H,3-4,18,20H2,1-2H3,(H,33,36)(H,34,39)/t29-,30-/m1/s1. The number of ether oxygens (including phenoxy) is 1. The molecule has 1 saturated heterocycles. The number of aryl methyl sites for hydroxylation is 1. The van der Waals surface area contributed by atoms with E-state index in [1.54, 1.807) is 6.20 Å². The van der Waals surface area contributed by atoms with Crippen molar-refractivity contribution in [1.82, 2.24) is 15.2 Å². The molecule has 0 bridgehead atoms. The van der Waals surface area contributed by atoms with E-state index in [4.69, 9.17) is 21.4 Å². The number of para-hydroxylation sites is 1. The van der Waals surface area contributed by atoms with Crippen LogP contribution < -0.4 is 15.4 Å². The fourth-order valence-electron chi connectivity index (χ4n) is 4.89. The van der Waals surface area contributed by atoms with Crippen molar-refractivity contribution in [3.8, 4) is 17.1 Å². The van der Waals surface area contributed by atoms with Gasteiger partial charge in [0.1, 0.15) is 23.3 Å². The molecule has 0 radical (unpaired) electrons. The number of aromatic nitrogens is 1. The summed E-state index contributed by atoms with van der Waals surface area (Å²) in [5.74, 6) is 2.26. The van der Waals surface area contributed by atoms with E-state index in [0.29, 0.717) is 18.3 Å².